The van der Waals surface area contributed by atoms with Crippen LogP contribution in [0.4, 0.5) is 8.78 Å². The first-order valence-electron chi connectivity index (χ1n) is 5.30. The van der Waals surface area contributed by atoms with Gasteiger partial charge >= 0.3 is 0 Å². The Morgan fingerprint density at radius 2 is 2.10 bits per heavy atom. The number of nitrogens with zero attached hydrogens (tertiary/aromatic N) is 2. The van der Waals surface area contributed by atoms with Gasteiger partial charge in [-0.2, -0.15) is 0 Å². The van der Waals surface area contributed by atoms with Gasteiger partial charge in [0.15, 0.2) is 11.6 Å². The van der Waals surface area contributed by atoms with Crippen LogP contribution in [0.15, 0.2) is 29.6 Å². The summed E-state index contributed by atoms with van der Waals surface area (Å²) in [5, 5.41) is 0. The molecule has 0 aliphatic heterocycles. The highest BCUT2D eigenvalue weighted by Gasteiger charge is 2.22. The van der Waals surface area contributed by atoms with E-state index in [0.717, 1.165) is 0 Å². The van der Waals surface area contributed by atoms with Crippen LogP contribution in [-0.2, 0) is 22.7 Å². The summed E-state index contributed by atoms with van der Waals surface area (Å²) in [6.45, 7) is -0.140. The summed E-state index contributed by atoms with van der Waals surface area (Å²) in [5.41, 5.74) is 0.576. The van der Waals surface area contributed by atoms with Gasteiger partial charge in [0.1, 0.15) is 17.3 Å². The molecule has 1 aromatic heterocycles. The average molecular weight is 323 g/mol. The maximum Gasteiger partial charge on any atom is 0.265 e. The smallest absolute Gasteiger partial charge is 0.265 e. The molecule has 0 aliphatic rings. The molecule has 2 aromatic rings. The van der Waals surface area contributed by atoms with Gasteiger partial charge in [-0.3, -0.25) is 0 Å². The monoisotopic (exact) mass is 322 g/mol. The number of imidazole rings is 1. The molecule has 0 N–H and O–H groups in total. The lowest BCUT2D eigenvalue weighted by atomic mass is 10.3. The summed E-state index contributed by atoms with van der Waals surface area (Å²) in [6.07, 6.45) is 2.97. The molecule has 1 aromatic carbocycles. The van der Waals surface area contributed by atoms with Crippen molar-refractivity contribution in [2.45, 2.75) is 11.5 Å². The molecule has 20 heavy (non-hydrogen) atoms. The van der Waals surface area contributed by atoms with E-state index in [0.29, 0.717) is 17.8 Å². The number of ether oxygens (including phenoxy) is 1. The lowest BCUT2D eigenvalue weighted by molar-refractivity contribution is 0.273. The molecule has 108 valence electrons. The molecular formula is C11H9ClF2N2O3S. The Morgan fingerprint density at radius 3 is 2.65 bits per heavy atom. The first kappa shape index (κ1) is 14.7. The van der Waals surface area contributed by atoms with E-state index in [2.05, 4.69) is 4.98 Å². The van der Waals surface area contributed by atoms with Crippen LogP contribution in [0.5, 0.6) is 5.75 Å². The van der Waals surface area contributed by atoms with Gasteiger partial charge in [0.25, 0.3) is 9.05 Å². The zero-order chi connectivity index (χ0) is 14.9. The summed E-state index contributed by atoms with van der Waals surface area (Å²) in [7, 11) is 2.49. The molecule has 1 heterocycles. The minimum absolute atomic E-state index is 0.140. The Balaban J connectivity index is 2.38. The van der Waals surface area contributed by atoms with Crippen LogP contribution in [0.25, 0.3) is 0 Å². The van der Waals surface area contributed by atoms with Crippen molar-refractivity contribution < 1.29 is 21.9 Å². The molecule has 9 heteroatoms. The molecule has 0 fully saturated rings. The van der Waals surface area contributed by atoms with Crippen LogP contribution in [0.1, 0.15) is 5.69 Å². The van der Waals surface area contributed by atoms with Gasteiger partial charge < -0.3 is 9.30 Å². The van der Waals surface area contributed by atoms with E-state index < -0.39 is 31.3 Å². The van der Waals surface area contributed by atoms with E-state index >= 15 is 0 Å². The largest absolute Gasteiger partial charge is 0.483 e. The Bertz CT molecular complexity index is 746. The van der Waals surface area contributed by atoms with Crippen LogP contribution >= 0.6 is 10.7 Å². The summed E-state index contributed by atoms with van der Waals surface area (Å²) in [5.74, 6) is -2.83. The van der Waals surface area contributed by atoms with Crippen molar-refractivity contribution in [1.82, 2.24) is 9.55 Å². The van der Waals surface area contributed by atoms with E-state index in [9.17, 15) is 17.2 Å². The highest BCUT2D eigenvalue weighted by Crippen LogP contribution is 2.31. The summed E-state index contributed by atoms with van der Waals surface area (Å²) in [6, 6.07) is 1.12. The fourth-order valence-electron chi connectivity index (χ4n) is 1.53. The zero-order valence-electron chi connectivity index (χ0n) is 10.2. The predicted octanol–water partition coefficient (Wildman–Crippen LogP) is 2.20. The lowest BCUT2D eigenvalue weighted by Gasteiger charge is -2.11. The molecule has 5 nitrogen and oxygen atoms in total. The van der Waals surface area contributed by atoms with Crippen molar-refractivity contribution in [2.24, 2.45) is 7.05 Å². The van der Waals surface area contributed by atoms with Crippen LogP contribution in [0, 0.1) is 11.6 Å². The maximum absolute atomic E-state index is 13.7. The van der Waals surface area contributed by atoms with Gasteiger partial charge in [-0.05, 0) is 6.07 Å². The SMILES string of the molecule is Cn1cncc1COc1c(F)cc(F)cc1S(=O)(=O)Cl. The van der Waals surface area contributed by atoms with Crippen LogP contribution < -0.4 is 4.74 Å². The van der Waals surface area contributed by atoms with Crippen molar-refractivity contribution in [3.63, 3.8) is 0 Å². The van der Waals surface area contributed by atoms with Gasteiger partial charge in [0.2, 0.25) is 0 Å². The minimum Gasteiger partial charge on any atom is -0.483 e. The van der Waals surface area contributed by atoms with Crippen molar-refractivity contribution in [3.8, 4) is 5.75 Å². The molecule has 0 saturated carbocycles. The van der Waals surface area contributed by atoms with Crippen molar-refractivity contribution in [1.29, 1.82) is 0 Å². The third kappa shape index (κ3) is 3.07. The molecule has 0 bridgehead atoms. The number of rotatable bonds is 4. The zero-order valence-corrected chi connectivity index (χ0v) is 11.8. The number of aromatic nitrogens is 2. The third-order valence-electron chi connectivity index (χ3n) is 2.52. The second-order valence-electron chi connectivity index (χ2n) is 3.94. The number of hydrogen-bond donors (Lipinski definition) is 0. The van der Waals surface area contributed by atoms with Crippen molar-refractivity contribution >= 4 is 19.7 Å². The van der Waals surface area contributed by atoms with Crippen LogP contribution in [0.3, 0.4) is 0 Å². The summed E-state index contributed by atoms with van der Waals surface area (Å²) >= 11 is 0. The Labute approximate surface area is 118 Å². The minimum atomic E-state index is -4.33. The summed E-state index contributed by atoms with van der Waals surface area (Å²) in [4.78, 5) is 3.08. The molecule has 0 aliphatic carbocycles. The van der Waals surface area contributed by atoms with Crippen LogP contribution in [-0.4, -0.2) is 18.0 Å². The number of halogens is 3. The first-order valence-corrected chi connectivity index (χ1v) is 7.61. The fraction of sp³-hybridized carbons (Fsp3) is 0.182. The van der Waals surface area contributed by atoms with E-state index in [-0.39, 0.29) is 6.61 Å². The fourth-order valence-corrected chi connectivity index (χ4v) is 2.50. The molecule has 0 atom stereocenters. The maximum atomic E-state index is 13.7. The van der Waals surface area contributed by atoms with E-state index in [1.807, 2.05) is 0 Å². The number of hydrogen-bond acceptors (Lipinski definition) is 4. The van der Waals surface area contributed by atoms with Crippen molar-refractivity contribution in [3.05, 3.63) is 42.0 Å². The van der Waals surface area contributed by atoms with Gasteiger partial charge in [-0.15, -0.1) is 0 Å². The first-order chi connectivity index (χ1) is 9.29. The topological polar surface area (TPSA) is 61.2 Å². The average Bonchev–Trinajstić information content (AvgIpc) is 2.72. The second kappa shape index (κ2) is 5.37. The quantitative estimate of drug-likeness (QED) is 0.810. The third-order valence-corrected chi connectivity index (χ3v) is 3.85. The standard InChI is InChI=1S/C11H9ClF2N2O3S/c1-16-6-15-4-8(16)5-19-11-9(14)2-7(13)3-10(11)20(12,17)18/h2-4,6H,5H2,1H3. The molecular weight excluding hydrogens is 314 g/mol. The normalized spacial score (nSPS) is 11.6. The molecule has 0 amide bonds. The number of aryl methyl sites for hydroxylation is 1. The number of benzene rings is 1. The molecule has 0 radical (unpaired) electrons. The highest BCUT2D eigenvalue weighted by atomic mass is 35.7. The molecule has 2 rings (SSSR count). The van der Waals surface area contributed by atoms with Gasteiger partial charge in [-0.1, -0.05) is 0 Å². The Morgan fingerprint density at radius 1 is 1.40 bits per heavy atom. The Kier molecular flexibility index (Phi) is 3.96. The van der Waals surface area contributed by atoms with Crippen LogP contribution in [0.2, 0.25) is 0 Å². The molecule has 0 unspecified atom stereocenters. The molecule has 0 spiro atoms. The van der Waals surface area contributed by atoms with Gasteiger partial charge in [0.05, 0.1) is 18.2 Å². The van der Waals surface area contributed by atoms with Gasteiger partial charge in [0, 0.05) is 23.8 Å². The summed E-state index contributed by atoms with van der Waals surface area (Å²) < 4.78 is 56.1. The van der Waals surface area contributed by atoms with E-state index in [1.165, 1.54) is 12.5 Å². The second-order valence-corrected chi connectivity index (χ2v) is 6.47. The Hall–Kier alpha value is -1.67. The molecule has 0 saturated heterocycles. The van der Waals surface area contributed by atoms with E-state index in [1.54, 1.807) is 11.6 Å². The van der Waals surface area contributed by atoms with Gasteiger partial charge in [-0.25, -0.2) is 22.2 Å². The van der Waals surface area contributed by atoms with Crippen molar-refractivity contribution in [2.75, 3.05) is 0 Å². The highest BCUT2D eigenvalue weighted by molar-refractivity contribution is 8.13. The lowest BCUT2D eigenvalue weighted by Crippen LogP contribution is -2.06. The predicted molar refractivity (Wildman–Crippen MR) is 66.9 cm³/mol. The van der Waals surface area contributed by atoms with E-state index in [4.69, 9.17) is 15.4 Å².